The van der Waals surface area contributed by atoms with Gasteiger partial charge in [0.2, 0.25) is 0 Å². The number of anilines is 1. The van der Waals surface area contributed by atoms with E-state index in [0.29, 0.717) is 22.8 Å². The van der Waals surface area contributed by atoms with Crippen molar-refractivity contribution in [1.29, 1.82) is 0 Å². The molecule has 0 unspecified atom stereocenters. The lowest BCUT2D eigenvalue weighted by molar-refractivity contribution is 0.0602. The smallest absolute Gasteiger partial charge is 0.339 e. The van der Waals surface area contributed by atoms with E-state index in [1.165, 1.54) is 18.4 Å². The van der Waals surface area contributed by atoms with Crippen LogP contribution in [0, 0.1) is 0 Å². The molecule has 4 nitrogen and oxygen atoms in total. The average molecular weight is 283 g/mol. The van der Waals surface area contributed by atoms with Crippen molar-refractivity contribution in [2.75, 3.05) is 12.4 Å². The van der Waals surface area contributed by atoms with Gasteiger partial charge in [-0.05, 0) is 18.2 Å². The Bertz CT molecular complexity index is 543. The van der Waals surface area contributed by atoms with Crippen LogP contribution < -0.4 is 5.32 Å². The van der Waals surface area contributed by atoms with E-state index in [-0.39, 0.29) is 0 Å². The van der Waals surface area contributed by atoms with Crippen LogP contribution in [0.1, 0.15) is 16.1 Å². The second-order valence-corrected chi connectivity index (χ2v) is 4.67. The van der Waals surface area contributed by atoms with Crippen LogP contribution in [0.4, 0.5) is 5.69 Å². The van der Waals surface area contributed by atoms with Gasteiger partial charge in [0.05, 0.1) is 36.1 Å². The molecule has 6 heteroatoms. The van der Waals surface area contributed by atoms with Gasteiger partial charge in [0.1, 0.15) is 0 Å². The molecule has 2 aromatic rings. The number of thiazole rings is 1. The Balaban J connectivity index is 2.19. The first-order chi connectivity index (χ1) is 8.70. The molecule has 0 radical (unpaired) electrons. The second-order valence-electron chi connectivity index (χ2n) is 3.51. The molecule has 1 aromatic carbocycles. The summed E-state index contributed by atoms with van der Waals surface area (Å²) in [4.78, 5) is 15.7. The second kappa shape index (κ2) is 5.84. The Kier molecular flexibility index (Phi) is 4.17. The zero-order valence-corrected chi connectivity index (χ0v) is 11.2. The number of hydrogen-bond donors (Lipinski definition) is 1. The first-order valence-corrected chi connectivity index (χ1v) is 6.51. The minimum absolute atomic E-state index is 0.396. The number of ether oxygens (including phenoxy) is 1. The summed E-state index contributed by atoms with van der Waals surface area (Å²) in [5.74, 6) is -0.396. The number of nitrogens with one attached hydrogen (secondary N) is 1. The number of carbonyl (C=O) groups is 1. The van der Waals surface area contributed by atoms with Crippen LogP contribution in [0.2, 0.25) is 5.02 Å². The average Bonchev–Trinajstić information content (AvgIpc) is 2.88. The fourth-order valence-corrected chi connectivity index (χ4v) is 2.19. The summed E-state index contributed by atoms with van der Waals surface area (Å²) in [5, 5.41) is 5.63. The highest BCUT2D eigenvalue weighted by Gasteiger charge is 2.12. The van der Waals surface area contributed by atoms with Gasteiger partial charge in [-0.1, -0.05) is 11.6 Å². The molecule has 1 heterocycles. The maximum atomic E-state index is 11.6. The van der Waals surface area contributed by atoms with Crippen molar-refractivity contribution in [2.24, 2.45) is 0 Å². The van der Waals surface area contributed by atoms with Crippen LogP contribution in [0.25, 0.3) is 0 Å². The highest BCUT2D eigenvalue weighted by Crippen LogP contribution is 2.22. The van der Waals surface area contributed by atoms with E-state index in [2.05, 4.69) is 10.3 Å². The fraction of sp³-hybridized carbons (Fsp3) is 0.167. The van der Waals surface area contributed by atoms with Crippen LogP contribution >= 0.6 is 22.9 Å². The third-order valence-corrected chi connectivity index (χ3v) is 3.20. The van der Waals surface area contributed by atoms with Gasteiger partial charge < -0.3 is 10.1 Å². The van der Waals surface area contributed by atoms with Crippen molar-refractivity contribution >= 4 is 34.6 Å². The molecule has 0 aliphatic heterocycles. The SMILES string of the molecule is COC(=O)c1ccc(Cl)cc1NCc1cscn1. The molecule has 18 heavy (non-hydrogen) atoms. The lowest BCUT2D eigenvalue weighted by atomic mass is 10.1. The van der Waals surface area contributed by atoms with Gasteiger partial charge >= 0.3 is 5.97 Å². The minimum Gasteiger partial charge on any atom is -0.465 e. The fourth-order valence-electron chi connectivity index (χ4n) is 1.46. The molecule has 0 atom stereocenters. The third-order valence-electron chi connectivity index (χ3n) is 2.33. The molecule has 94 valence electrons. The maximum Gasteiger partial charge on any atom is 0.339 e. The van der Waals surface area contributed by atoms with Crippen LogP contribution in [0.3, 0.4) is 0 Å². The quantitative estimate of drug-likeness (QED) is 0.875. The predicted molar refractivity (Wildman–Crippen MR) is 72.2 cm³/mol. The predicted octanol–water partition coefficient (Wildman–Crippen LogP) is 3.20. The largest absolute Gasteiger partial charge is 0.465 e. The highest BCUT2D eigenvalue weighted by atomic mass is 35.5. The molecular formula is C12H11ClN2O2S. The summed E-state index contributed by atoms with van der Waals surface area (Å²) in [5.41, 5.74) is 3.77. The van der Waals surface area contributed by atoms with Crippen molar-refractivity contribution in [3.05, 3.63) is 45.4 Å². The number of hydrogen-bond acceptors (Lipinski definition) is 5. The molecular weight excluding hydrogens is 272 g/mol. The van der Waals surface area contributed by atoms with Gasteiger partial charge in [0.25, 0.3) is 0 Å². The standard InChI is InChI=1S/C12H11ClN2O2S/c1-17-12(16)10-3-2-8(13)4-11(10)14-5-9-6-18-7-15-9/h2-4,6-7,14H,5H2,1H3. The van der Waals surface area contributed by atoms with Crippen LogP contribution in [-0.4, -0.2) is 18.1 Å². The molecule has 1 N–H and O–H groups in total. The Labute approximate surface area is 114 Å². The van der Waals surface area contributed by atoms with Gasteiger partial charge in [0.15, 0.2) is 0 Å². The van der Waals surface area contributed by atoms with E-state index in [0.717, 1.165) is 5.69 Å². The number of rotatable bonds is 4. The summed E-state index contributed by atoms with van der Waals surface area (Å²) < 4.78 is 4.72. The summed E-state index contributed by atoms with van der Waals surface area (Å²) in [6.45, 7) is 0.536. The molecule has 2 rings (SSSR count). The van der Waals surface area contributed by atoms with E-state index >= 15 is 0 Å². The highest BCUT2D eigenvalue weighted by molar-refractivity contribution is 7.07. The van der Waals surface area contributed by atoms with Gasteiger partial charge in [0, 0.05) is 10.4 Å². The normalized spacial score (nSPS) is 10.1. The Morgan fingerprint density at radius 2 is 2.39 bits per heavy atom. The molecule has 0 aliphatic rings. The molecule has 0 amide bonds. The molecule has 0 fully saturated rings. The molecule has 0 spiro atoms. The lowest BCUT2D eigenvalue weighted by Crippen LogP contribution is -2.08. The van der Waals surface area contributed by atoms with Gasteiger partial charge in [-0.15, -0.1) is 11.3 Å². The van der Waals surface area contributed by atoms with Gasteiger partial charge in [-0.25, -0.2) is 9.78 Å². The van der Waals surface area contributed by atoms with Crippen molar-refractivity contribution in [3.8, 4) is 0 Å². The van der Waals surface area contributed by atoms with Gasteiger partial charge in [-0.2, -0.15) is 0 Å². The molecule has 0 bridgehead atoms. The summed E-state index contributed by atoms with van der Waals surface area (Å²) in [7, 11) is 1.35. The lowest BCUT2D eigenvalue weighted by Gasteiger charge is -2.10. The Morgan fingerprint density at radius 1 is 1.56 bits per heavy atom. The van der Waals surface area contributed by atoms with Gasteiger partial charge in [-0.3, -0.25) is 0 Å². The summed E-state index contributed by atoms with van der Waals surface area (Å²) >= 11 is 7.44. The molecule has 0 saturated heterocycles. The minimum atomic E-state index is -0.396. The van der Waals surface area contributed by atoms with Crippen molar-refractivity contribution in [2.45, 2.75) is 6.54 Å². The number of benzene rings is 1. The first kappa shape index (κ1) is 12.9. The number of nitrogens with zero attached hydrogens (tertiary/aromatic N) is 1. The Hall–Kier alpha value is -1.59. The zero-order valence-electron chi connectivity index (χ0n) is 9.64. The Morgan fingerprint density at radius 3 is 3.06 bits per heavy atom. The monoisotopic (exact) mass is 282 g/mol. The topological polar surface area (TPSA) is 51.2 Å². The number of halogens is 1. The van der Waals surface area contributed by atoms with E-state index in [1.54, 1.807) is 23.7 Å². The van der Waals surface area contributed by atoms with Crippen molar-refractivity contribution in [1.82, 2.24) is 4.98 Å². The van der Waals surface area contributed by atoms with Crippen molar-refractivity contribution in [3.63, 3.8) is 0 Å². The van der Waals surface area contributed by atoms with Crippen molar-refractivity contribution < 1.29 is 9.53 Å². The maximum absolute atomic E-state index is 11.6. The molecule has 0 saturated carbocycles. The number of methoxy groups -OCH3 is 1. The van der Waals surface area contributed by atoms with E-state index < -0.39 is 5.97 Å². The number of aromatic nitrogens is 1. The molecule has 0 aliphatic carbocycles. The van der Waals surface area contributed by atoms with Crippen LogP contribution in [-0.2, 0) is 11.3 Å². The van der Waals surface area contributed by atoms with E-state index in [9.17, 15) is 4.79 Å². The summed E-state index contributed by atoms with van der Waals surface area (Å²) in [6, 6.07) is 4.99. The number of carbonyl (C=O) groups excluding carboxylic acids is 1. The summed E-state index contributed by atoms with van der Waals surface area (Å²) in [6.07, 6.45) is 0. The number of esters is 1. The van der Waals surface area contributed by atoms with Crippen LogP contribution in [0.15, 0.2) is 29.1 Å². The zero-order chi connectivity index (χ0) is 13.0. The van der Waals surface area contributed by atoms with E-state index in [1.807, 2.05) is 5.38 Å². The van der Waals surface area contributed by atoms with Crippen LogP contribution in [0.5, 0.6) is 0 Å². The first-order valence-electron chi connectivity index (χ1n) is 5.19. The third kappa shape index (κ3) is 3.00. The molecule has 1 aromatic heterocycles. The van der Waals surface area contributed by atoms with E-state index in [4.69, 9.17) is 16.3 Å².